The minimum absolute atomic E-state index is 0.0700. The third kappa shape index (κ3) is 4.63. The summed E-state index contributed by atoms with van der Waals surface area (Å²) < 4.78 is 28.1. The molecular formula is C20H19F2N5O2. The smallest absolute Gasteiger partial charge is 0.278 e. The van der Waals surface area contributed by atoms with E-state index in [1.54, 1.807) is 13.0 Å². The largest absolute Gasteiger partial charge is 0.322 e. The SMILES string of the molecule is CCc1ccccc1NC(=O)c1nnn(CC(=O)Nc2cc(F)ccc2F)c1C. The number of nitrogens with one attached hydrogen (secondary N) is 2. The van der Waals surface area contributed by atoms with Crippen molar-refractivity contribution in [2.45, 2.75) is 26.8 Å². The quantitative estimate of drug-likeness (QED) is 0.666. The number of anilines is 2. The number of nitrogens with zero attached hydrogens (tertiary/aromatic N) is 3. The van der Waals surface area contributed by atoms with Crippen LogP contribution in [-0.4, -0.2) is 26.8 Å². The van der Waals surface area contributed by atoms with Gasteiger partial charge in [-0.1, -0.05) is 30.3 Å². The van der Waals surface area contributed by atoms with Crippen LogP contribution in [0.25, 0.3) is 0 Å². The van der Waals surface area contributed by atoms with Crippen LogP contribution in [-0.2, 0) is 17.8 Å². The van der Waals surface area contributed by atoms with Gasteiger partial charge in [0.1, 0.15) is 18.2 Å². The number of carbonyl (C=O) groups excluding carboxylic acids is 2. The van der Waals surface area contributed by atoms with Crippen LogP contribution in [0, 0.1) is 18.6 Å². The number of benzene rings is 2. The van der Waals surface area contributed by atoms with Crippen LogP contribution in [0.15, 0.2) is 42.5 Å². The van der Waals surface area contributed by atoms with Crippen LogP contribution in [0.2, 0.25) is 0 Å². The van der Waals surface area contributed by atoms with E-state index in [1.807, 2.05) is 25.1 Å². The number of carbonyl (C=O) groups is 2. The van der Waals surface area contributed by atoms with Crippen molar-refractivity contribution in [3.63, 3.8) is 0 Å². The van der Waals surface area contributed by atoms with E-state index in [0.29, 0.717) is 11.4 Å². The van der Waals surface area contributed by atoms with E-state index in [4.69, 9.17) is 0 Å². The summed E-state index contributed by atoms with van der Waals surface area (Å²) >= 11 is 0. The van der Waals surface area contributed by atoms with E-state index in [9.17, 15) is 18.4 Å². The molecule has 2 N–H and O–H groups in total. The van der Waals surface area contributed by atoms with E-state index in [0.717, 1.165) is 30.2 Å². The second-order valence-electron chi connectivity index (χ2n) is 6.32. The molecule has 1 aromatic heterocycles. The second kappa shape index (κ2) is 8.59. The Bertz CT molecular complexity index is 1060. The summed E-state index contributed by atoms with van der Waals surface area (Å²) in [5, 5.41) is 12.7. The Hall–Kier alpha value is -3.62. The summed E-state index contributed by atoms with van der Waals surface area (Å²) in [4.78, 5) is 24.7. The number of hydrogen-bond donors (Lipinski definition) is 2. The van der Waals surface area contributed by atoms with Gasteiger partial charge in [-0.2, -0.15) is 0 Å². The first-order valence-corrected chi connectivity index (χ1v) is 8.93. The lowest BCUT2D eigenvalue weighted by molar-refractivity contribution is -0.117. The second-order valence-corrected chi connectivity index (χ2v) is 6.32. The van der Waals surface area contributed by atoms with Gasteiger partial charge < -0.3 is 10.6 Å². The summed E-state index contributed by atoms with van der Waals surface area (Å²) in [6, 6.07) is 10.2. The maximum atomic E-state index is 13.7. The number of amides is 2. The Morgan fingerprint density at radius 2 is 1.83 bits per heavy atom. The van der Waals surface area contributed by atoms with Gasteiger partial charge in [0.25, 0.3) is 5.91 Å². The summed E-state index contributed by atoms with van der Waals surface area (Å²) in [5.74, 6) is -2.52. The first-order valence-electron chi connectivity index (χ1n) is 8.93. The maximum Gasteiger partial charge on any atom is 0.278 e. The van der Waals surface area contributed by atoms with Gasteiger partial charge in [-0.3, -0.25) is 9.59 Å². The molecule has 0 aliphatic rings. The third-order valence-corrected chi connectivity index (χ3v) is 4.34. The lowest BCUT2D eigenvalue weighted by Crippen LogP contribution is -2.21. The number of rotatable bonds is 6. The number of halogens is 2. The van der Waals surface area contributed by atoms with Crippen LogP contribution in [0.5, 0.6) is 0 Å². The highest BCUT2D eigenvalue weighted by Gasteiger charge is 2.19. The molecule has 0 spiro atoms. The number of aromatic nitrogens is 3. The average Bonchev–Trinajstić information content (AvgIpc) is 3.05. The molecule has 0 saturated heterocycles. The molecule has 0 fully saturated rings. The Kier molecular flexibility index (Phi) is 5.96. The summed E-state index contributed by atoms with van der Waals surface area (Å²) in [7, 11) is 0. The Balaban J connectivity index is 1.71. The van der Waals surface area contributed by atoms with Gasteiger partial charge in [0, 0.05) is 11.8 Å². The molecule has 0 saturated carbocycles. The van der Waals surface area contributed by atoms with Gasteiger partial charge in [-0.25, -0.2) is 13.5 Å². The Morgan fingerprint density at radius 1 is 1.07 bits per heavy atom. The summed E-state index contributed by atoms with van der Waals surface area (Å²) in [6.45, 7) is 3.26. The molecule has 2 aromatic carbocycles. The van der Waals surface area contributed by atoms with Crippen molar-refractivity contribution in [1.82, 2.24) is 15.0 Å². The molecule has 0 aliphatic carbocycles. The van der Waals surface area contributed by atoms with Crippen LogP contribution in [0.1, 0.15) is 28.7 Å². The van der Waals surface area contributed by atoms with Crippen LogP contribution in [0.3, 0.4) is 0 Å². The summed E-state index contributed by atoms with van der Waals surface area (Å²) in [5.41, 5.74) is 1.81. The standard InChI is InChI=1S/C20H19F2N5O2/c1-3-13-6-4-5-7-16(13)24-20(29)19-12(2)27(26-25-19)11-18(28)23-17-10-14(21)8-9-15(17)22/h4-10H,3,11H2,1-2H3,(H,23,28)(H,24,29). The van der Waals surface area contributed by atoms with Crippen molar-refractivity contribution in [3.05, 3.63) is 71.1 Å². The van der Waals surface area contributed by atoms with Crippen LogP contribution in [0.4, 0.5) is 20.2 Å². The Morgan fingerprint density at radius 3 is 2.59 bits per heavy atom. The minimum atomic E-state index is -0.760. The summed E-state index contributed by atoms with van der Waals surface area (Å²) in [6.07, 6.45) is 0.749. The number of hydrogen-bond acceptors (Lipinski definition) is 4. The van der Waals surface area contributed by atoms with E-state index in [1.165, 1.54) is 4.68 Å². The molecule has 0 unspecified atom stereocenters. The average molecular weight is 399 g/mol. The van der Waals surface area contributed by atoms with Crippen LogP contribution >= 0.6 is 0 Å². The van der Waals surface area contributed by atoms with Gasteiger partial charge in [-0.05, 0) is 37.1 Å². The van der Waals surface area contributed by atoms with Gasteiger partial charge >= 0.3 is 0 Å². The molecular weight excluding hydrogens is 380 g/mol. The molecule has 150 valence electrons. The van der Waals surface area contributed by atoms with Crippen molar-refractivity contribution < 1.29 is 18.4 Å². The molecule has 9 heteroatoms. The van der Waals surface area contributed by atoms with E-state index in [2.05, 4.69) is 20.9 Å². The molecule has 1 heterocycles. The molecule has 3 rings (SSSR count). The van der Waals surface area contributed by atoms with Crippen molar-refractivity contribution in [3.8, 4) is 0 Å². The highest BCUT2D eigenvalue weighted by molar-refractivity contribution is 6.04. The van der Waals surface area contributed by atoms with Crippen molar-refractivity contribution in [1.29, 1.82) is 0 Å². The molecule has 7 nitrogen and oxygen atoms in total. The predicted octanol–water partition coefficient (Wildman–Crippen LogP) is 3.32. The minimum Gasteiger partial charge on any atom is -0.322 e. The molecule has 2 amide bonds. The number of para-hydroxylation sites is 1. The highest BCUT2D eigenvalue weighted by atomic mass is 19.1. The molecule has 29 heavy (non-hydrogen) atoms. The highest BCUT2D eigenvalue weighted by Crippen LogP contribution is 2.18. The topological polar surface area (TPSA) is 88.9 Å². The fourth-order valence-corrected chi connectivity index (χ4v) is 2.77. The molecule has 0 aliphatic heterocycles. The van der Waals surface area contributed by atoms with Crippen molar-refractivity contribution in [2.24, 2.45) is 0 Å². The fraction of sp³-hybridized carbons (Fsp3) is 0.200. The first-order chi connectivity index (χ1) is 13.9. The zero-order valence-corrected chi connectivity index (χ0v) is 15.9. The maximum absolute atomic E-state index is 13.7. The first kappa shape index (κ1) is 20.1. The monoisotopic (exact) mass is 399 g/mol. The lowest BCUT2D eigenvalue weighted by Gasteiger charge is -2.09. The normalized spacial score (nSPS) is 10.6. The van der Waals surface area contributed by atoms with Gasteiger partial charge in [0.05, 0.1) is 11.4 Å². The molecule has 0 radical (unpaired) electrons. The Labute approximate surface area is 165 Å². The molecule has 3 aromatic rings. The van der Waals surface area contributed by atoms with Crippen LogP contribution < -0.4 is 10.6 Å². The zero-order chi connectivity index (χ0) is 21.0. The van der Waals surface area contributed by atoms with E-state index in [-0.39, 0.29) is 17.9 Å². The van der Waals surface area contributed by atoms with E-state index < -0.39 is 23.4 Å². The number of aryl methyl sites for hydroxylation is 1. The van der Waals surface area contributed by atoms with E-state index >= 15 is 0 Å². The zero-order valence-electron chi connectivity index (χ0n) is 15.9. The van der Waals surface area contributed by atoms with Gasteiger partial charge in [0.15, 0.2) is 5.69 Å². The van der Waals surface area contributed by atoms with Gasteiger partial charge in [0.2, 0.25) is 5.91 Å². The molecule has 0 atom stereocenters. The molecule has 0 bridgehead atoms. The predicted molar refractivity (Wildman–Crippen MR) is 104 cm³/mol. The van der Waals surface area contributed by atoms with Gasteiger partial charge in [-0.15, -0.1) is 5.10 Å². The van der Waals surface area contributed by atoms with Crippen molar-refractivity contribution in [2.75, 3.05) is 10.6 Å². The fourth-order valence-electron chi connectivity index (χ4n) is 2.77. The lowest BCUT2D eigenvalue weighted by atomic mass is 10.1. The third-order valence-electron chi connectivity index (χ3n) is 4.34. The van der Waals surface area contributed by atoms with Crippen molar-refractivity contribution >= 4 is 23.2 Å².